The number of carbonyl (C=O) groups excluding carboxylic acids is 1. The Bertz CT molecular complexity index is 1230. The van der Waals surface area contributed by atoms with Gasteiger partial charge < -0.3 is 9.80 Å². The Kier molecular flexibility index (Phi) is 4.27. The summed E-state index contributed by atoms with van der Waals surface area (Å²) in [4.78, 5) is 21.7. The first-order valence-electron chi connectivity index (χ1n) is 12.6. The number of rotatable bonds is 4. The zero-order valence-electron chi connectivity index (χ0n) is 19.9. The van der Waals surface area contributed by atoms with Crippen LogP contribution in [0.15, 0.2) is 30.3 Å². The molecule has 1 spiro atoms. The predicted octanol–water partition coefficient (Wildman–Crippen LogP) is 3.88. The summed E-state index contributed by atoms with van der Waals surface area (Å²) < 4.78 is 1.98. The van der Waals surface area contributed by atoms with Gasteiger partial charge in [0.25, 0.3) is 0 Å². The first-order valence-corrected chi connectivity index (χ1v) is 12.6. The van der Waals surface area contributed by atoms with Gasteiger partial charge in [0.15, 0.2) is 5.82 Å². The maximum Gasteiger partial charge on any atom is 0.320 e. The normalized spacial score (nSPS) is 21.9. The van der Waals surface area contributed by atoms with Crippen molar-refractivity contribution in [3.63, 3.8) is 0 Å². The number of carbonyl (C=O) groups is 1. The first-order chi connectivity index (χ1) is 16.5. The molecule has 3 aromatic rings. The lowest BCUT2D eigenvalue weighted by Crippen LogP contribution is -2.67. The molecule has 0 radical (unpaired) electrons. The largest absolute Gasteiger partial charge is 0.323 e. The number of H-pyrrole nitrogens is 1. The van der Waals surface area contributed by atoms with Crippen LogP contribution in [0.4, 0.5) is 4.79 Å². The second kappa shape index (κ2) is 7.17. The predicted molar refractivity (Wildman–Crippen MR) is 127 cm³/mol. The molecule has 0 bridgehead atoms. The number of nitrogens with one attached hydrogen (secondary N) is 1. The van der Waals surface area contributed by atoms with E-state index in [9.17, 15) is 4.79 Å². The van der Waals surface area contributed by atoms with Gasteiger partial charge in [0, 0.05) is 55.0 Å². The number of amides is 2. The summed E-state index contributed by atoms with van der Waals surface area (Å²) in [6.07, 6.45) is 4.72. The minimum Gasteiger partial charge on any atom is -0.323 e. The minimum atomic E-state index is 0.207. The maximum absolute atomic E-state index is 12.9. The van der Waals surface area contributed by atoms with Gasteiger partial charge in [-0.25, -0.2) is 14.5 Å². The van der Waals surface area contributed by atoms with Gasteiger partial charge in [-0.2, -0.15) is 10.2 Å². The highest BCUT2D eigenvalue weighted by molar-refractivity contribution is 5.77. The molecule has 2 aliphatic heterocycles. The quantitative estimate of drug-likeness (QED) is 0.644. The highest BCUT2D eigenvalue weighted by atomic mass is 16.2. The van der Waals surface area contributed by atoms with Gasteiger partial charge in [-0.15, -0.1) is 0 Å². The topological polar surface area (TPSA) is 82.9 Å². The fourth-order valence-electron chi connectivity index (χ4n) is 6.16. The summed E-state index contributed by atoms with van der Waals surface area (Å²) in [7, 11) is 0. The standard InChI is InChI=1S/C26H31N7O/c1-16-9-17(2)33(30-16)22-7-5-18(6-8-22)21-12-31(13-21)25(34)32-14-26(15-32)10-20(11-26)24-27-23(28-29-24)19-3-4-19/h5-9,19-21H,3-4,10-15H2,1-2H3,(H,27,28,29). The van der Waals surface area contributed by atoms with E-state index >= 15 is 0 Å². The van der Waals surface area contributed by atoms with Crippen molar-refractivity contribution in [1.82, 2.24) is 34.8 Å². The van der Waals surface area contributed by atoms with Crippen LogP contribution >= 0.6 is 0 Å². The Morgan fingerprint density at radius 3 is 2.38 bits per heavy atom. The van der Waals surface area contributed by atoms with Crippen LogP contribution in [0.2, 0.25) is 0 Å². The smallest absolute Gasteiger partial charge is 0.320 e. The number of aryl methyl sites for hydroxylation is 2. The van der Waals surface area contributed by atoms with Crippen molar-refractivity contribution in [3.05, 3.63) is 58.9 Å². The lowest BCUT2D eigenvalue weighted by atomic mass is 9.57. The van der Waals surface area contributed by atoms with E-state index in [-0.39, 0.29) is 6.03 Å². The van der Waals surface area contributed by atoms with Crippen LogP contribution in [0, 0.1) is 19.3 Å². The molecule has 2 aliphatic carbocycles. The van der Waals surface area contributed by atoms with Gasteiger partial charge in [0.2, 0.25) is 0 Å². The molecule has 2 aromatic heterocycles. The molecule has 0 atom stereocenters. The number of hydrogen-bond donors (Lipinski definition) is 1. The first kappa shape index (κ1) is 20.2. The van der Waals surface area contributed by atoms with Crippen molar-refractivity contribution < 1.29 is 4.79 Å². The monoisotopic (exact) mass is 457 g/mol. The molecule has 4 heterocycles. The highest BCUT2D eigenvalue weighted by Gasteiger charge is 2.56. The lowest BCUT2D eigenvalue weighted by molar-refractivity contribution is -0.0601. The number of urea groups is 1. The van der Waals surface area contributed by atoms with E-state index in [1.54, 1.807) is 0 Å². The molecule has 1 aromatic carbocycles. The Hall–Kier alpha value is -3.16. The van der Waals surface area contributed by atoms with E-state index in [4.69, 9.17) is 4.98 Å². The lowest BCUT2D eigenvalue weighted by Gasteiger charge is -2.59. The summed E-state index contributed by atoms with van der Waals surface area (Å²) >= 11 is 0. The maximum atomic E-state index is 12.9. The highest BCUT2D eigenvalue weighted by Crippen LogP contribution is 2.56. The van der Waals surface area contributed by atoms with Crippen LogP contribution in [-0.4, -0.2) is 67.0 Å². The van der Waals surface area contributed by atoms with E-state index in [1.807, 2.05) is 21.4 Å². The Balaban J connectivity index is 0.898. The van der Waals surface area contributed by atoms with Crippen LogP contribution in [0.1, 0.15) is 72.0 Å². The third-order valence-electron chi connectivity index (χ3n) is 8.30. The van der Waals surface area contributed by atoms with E-state index < -0.39 is 0 Å². The van der Waals surface area contributed by atoms with Gasteiger partial charge in [-0.3, -0.25) is 5.10 Å². The van der Waals surface area contributed by atoms with Crippen LogP contribution < -0.4 is 0 Å². The number of aromatic nitrogens is 5. The summed E-state index contributed by atoms with van der Waals surface area (Å²) in [5.74, 6) is 3.58. The van der Waals surface area contributed by atoms with Gasteiger partial charge in [0.05, 0.1) is 11.4 Å². The number of aromatic amines is 1. The molecule has 0 unspecified atom stereocenters. The van der Waals surface area contributed by atoms with Crippen LogP contribution in [0.5, 0.6) is 0 Å². The van der Waals surface area contributed by atoms with E-state index in [0.717, 1.165) is 67.7 Å². The van der Waals surface area contributed by atoms with Crippen molar-refractivity contribution in [2.75, 3.05) is 26.2 Å². The Morgan fingerprint density at radius 1 is 1.00 bits per heavy atom. The van der Waals surface area contributed by atoms with Gasteiger partial charge in [-0.1, -0.05) is 12.1 Å². The Labute approximate surface area is 199 Å². The molecule has 8 nitrogen and oxygen atoms in total. The van der Waals surface area contributed by atoms with Crippen LogP contribution in [-0.2, 0) is 0 Å². The fraction of sp³-hybridized carbons (Fsp3) is 0.538. The number of nitrogens with zero attached hydrogens (tertiary/aromatic N) is 6. The molecule has 7 rings (SSSR count). The molecule has 2 amide bonds. The molecular weight excluding hydrogens is 426 g/mol. The minimum absolute atomic E-state index is 0.207. The summed E-state index contributed by atoms with van der Waals surface area (Å²) in [6.45, 7) is 7.49. The molecule has 176 valence electrons. The second-order valence-corrected chi connectivity index (χ2v) is 11.1. The van der Waals surface area contributed by atoms with Crippen molar-refractivity contribution in [2.45, 2.75) is 57.3 Å². The van der Waals surface area contributed by atoms with Crippen LogP contribution in [0.25, 0.3) is 5.69 Å². The van der Waals surface area contributed by atoms with Gasteiger partial charge in [-0.05, 0) is 63.3 Å². The van der Waals surface area contributed by atoms with E-state index in [2.05, 4.69) is 52.6 Å². The number of benzene rings is 1. The van der Waals surface area contributed by atoms with E-state index in [0.29, 0.717) is 23.2 Å². The average Bonchev–Trinajstić information content (AvgIpc) is 3.37. The molecule has 2 saturated carbocycles. The number of likely N-dealkylation sites (tertiary alicyclic amines) is 2. The SMILES string of the molecule is Cc1cc(C)n(-c2ccc(C3CN(C(=O)N4CC5(CC(c6n[nH]c(C7CC7)n6)C5)C4)C3)cc2)n1. The summed E-state index contributed by atoms with van der Waals surface area (Å²) in [5.41, 5.74) is 4.86. The third-order valence-corrected chi connectivity index (χ3v) is 8.30. The molecule has 34 heavy (non-hydrogen) atoms. The number of hydrogen-bond acceptors (Lipinski definition) is 4. The van der Waals surface area contributed by atoms with Crippen molar-refractivity contribution in [1.29, 1.82) is 0 Å². The van der Waals surface area contributed by atoms with Crippen molar-refractivity contribution in [3.8, 4) is 5.69 Å². The molecule has 1 N–H and O–H groups in total. The third kappa shape index (κ3) is 3.26. The van der Waals surface area contributed by atoms with Gasteiger partial charge in [0.1, 0.15) is 5.82 Å². The zero-order valence-corrected chi connectivity index (χ0v) is 19.9. The molecule has 4 aliphatic rings. The van der Waals surface area contributed by atoms with Crippen molar-refractivity contribution >= 4 is 6.03 Å². The van der Waals surface area contributed by atoms with Crippen LogP contribution in [0.3, 0.4) is 0 Å². The second-order valence-electron chi connectivity index (χ2n) is 11.1. The zero-order chi connectivity index (χ0) is 23.0. The summed E-state index contributed by atoms with van der Waals surface area (Å²) in [6, 6.07) is 10.9. The van der Waals surface area contributed by atoms with Crippen molar-refractivity contribution in [2.24, 2.45) is 5.41 Å². The molecular formula is C26H31N7O. The molecule has 8 heteroatoms. The summed E-state index contributed by atoms with van der Waals surface area (Å²) in [5, 5.41) is 12.2. The Morgan fingerprint density at radius 2 is 1.74 bits per heavy atom. The fourth-order valence-corrected chi connectivity index (χ4v) is 6.16. The van der Waals surface area contributed by atoms with Gasteiger partial charge >= 0.3 is 6.03 Å². The van der Waals surface area contributed by atoms with E-state index in [1.165, 1.54) is 18.4 Å². The molecule has 2 saturated heterocycles. The average molecular weight is 458 g/mol. The molecule has 4 fully saturated rings.